The molecule has 0 atom stereocenters. The molecule has 0 spiro atoms. The molecule has 0 aromatic carbocycles. The zero-order chi connectivity index (χ0) is 5.91. The third-order valence-electron chi connectivity index (χ3n) is 0.411. The van der Waals surface area contributed by atoms with E-state index < -0.39 is 6.98 Å². The number of hydrogen-bond acceptors (Lipinski definition) is 0. The van der Waals surface area contributed by atoms with Crippen molar-refractivity contribution in [2.45, 2.75) is 6.92 Å². The number of rotatable bonds is 1. The molecule has 0 saturated carbocycles. The normalized spacial score (nSPS) is 11.5. The molecule has 5 heteroatoms. The van der Waals surface area contributed by atoms with Crippen LogP contribution in [0.15, 0.2) is 12.1 Å². The van der Waals surface area contributed by atoms with Crippen molar-refractivity contribution in [3.8, 4) is 0 Å². The first-order chi connectivity index (χ1) is 3.06. The summed E-state index contributed by atoms with van der Waals surface area (Å²) in [5.41, 5.74) is 0. The molecule has 0 rings (SSSR count). The van der Waals surface area contributed by atoms with Gasteiger partial charge in [-0.15, -0.1) is 6.08 Å². The van der Waals surface area contributed by atoms with Crippen molar-refractivity contribution in [2.24, 2.45) is 0 Å². The standard InChI is InChI=1S/C3H5BF3.K/c1-2-3-4(5,6)7;/h2-3H,1H3;/q-1;+1/b3-2+;. The summed E-state index contributed by atoms with van der Waals surface area (Å²) in [6.07, 6.45) is 0.986. The molecule has 0 unspecified atom stereocenters. The number of allylic oxidation sites excluding steroid dienone is 1. The van der Waals surface area contributed by atoms with Crippen LogP contribution in [0, 0.1) is 0 Å². The SMILES string of the molecule is C/C=C/[B-](F)(F)F.[K+]. The van der Waals surface area contributed by atoms with Crippen LogP contribution in [0.5, 0.6) is 0 Å². The fourth-order valence-corrected chi connectivity index (χ4v) is 0.218. The number of halogens is 3. The van der Waals surface area contributed by atoms with Gasteiger partial charge in [0.1, 0.15) is 0 Å². The van der Waals surface area contributed by atoms with Crippen molar-refractivity contribution < 1.29 is 64.3 Å². The maximum absolute atomic E-state index is 11.0. The van der Waals surface area contributed by atoms with Gasteiger partial charge in [-0.2, -0.15) is 5.98 Å². The van der Waals surface area contributed by atoms with E-state index in [-0.39, 0.29) is 57.4 Å². The van der Waals surface area contributed by atoms with E-state index in [0.717, 1.165) is 6.08 Å². The smallest absolute Gasteiger partial charge is 0.445 e. The zero-order valence-corrected chi connectivity index (χ0v) is 7.99. The van der Waals surface area contributed by atoms with Crippen LogP contribution in [0.1, 0.15) is 6.92 Å². The van der Waals surface area contributed by atoms with Crippen molar-refractivity contribution in [1.29, 1.82) is 0 Å². The maximum Gasteiger partial charge on any atom is 1.00 e. The Balaban J connectivity index is 0. The topological polar surface area (TPSA) is 0 Å². The minimum Gasteiger partial charge on any atom is -0.445 e. The summed E-state index contributed by atoms with van der Waals surface area (Å²) >= 11 is 0. The van der Waals surface area contributed by atoms with Gasteiger partial charge in [0.05, 0.1) is 0 Å². The van der Waals surface area contributed by atoms with Crippen molar-refractivity contribution in [3.05, 3.63) is 12.1 Å². The summed E-state index contributed by atoms with van der Waals surface area (Å²) in [7, 11) is 0. The van der Waals surface area contributed by atoms with Gasteiger partial charge in [0.15, 0.2) is 0 Å². The number of hydrogen-bond donors (Lipinski definition) is 0. The minimum absolute atomic E-state index is 0. The molecule has 8 heavy (non-hydrogen) atoms. The monoisotopic (exact) mass is 148 g/mol. The molecule has 0 amide bonds. The first-order valence-corrected chi connectivity index (χ1v) is 1.90. The van der Waals surface area contributed by atoms with Crippen LogP contribution in [-0.4, -0.2) is 6.98 Å². The van der Waals surface area contributed by atoms with E-state index in [2.05, 4.69) is 0 Å². The molecule has 42 valence electrons. The predicted octanol–water partition coefficient (Wildman–Crippen LogP) is -1.05. The average molecular weight is 148 g/mol. The van der Waals surface area contributed by atoms with Crippen LogP contribution in [0.3, 0.4) is 0 Å². The molecule has 0 aliphatic heterocycles. The van der Waals surface area contributed by atoms with Crippen LogP contribution >= 0.6 is 0 Å². The summed E-state index contributed by atoms with van der Waals surface area (Å²) in [4.78, 5) is 0. The molecule has 0 aliphatic rings. The Morgan fingerprint density at radius 1 is 1.25 bits per heavy atom. The summed E-state index contributed by atoms with van der Waals surface area (Å²) in [5, 5.41) is 0. The summed E-state index contributed by atoms with van der Waals surface area (Å²) in [5.74, 6) is 0.250. The van der Waals surface area contributed by atoms with Crippen molar-refractivity contribution in [3.63, 3.8) is 0 Å². The van der Waals surface area contributed by atoms with Gasteiger partial charge < -0.3 is 12.9 Å². The van der Waals surface area contributed by atoms with Gasteiger partial charge in [-0.1, -0.05) is 6.92 Å². The molecule has 0 nitrogen and oxygen atoms in total. The Bertz CT molecular complexity index is 77.1. The second kappa shape index (κ2) is 5.05. The second-order valence-corrected chi connectivity index (χ2v) is 1.15. The molecule has 0 aromatic rings. The second-order valence-electron chi connectivity index (χ2n) is 1.15. The molecule has 0 aliphatic carbocycles. The van der Waals surface area contributed by atoms with Gasteiger partial charge in [0.2, 0.25) is 0 Å². The van der Waals surface area contributed by atoms with Gasteiger partial charge in [-0.3, -0.25) is 0 Å². The first kappa shape index (κ1) is 12.0. The van der Waals surface area contributed by atoms with Gasteiger partial charge >= 0.3 is 58.4 Å². The summed E-state index contributed by atoms with van der Waals surface area (Å²) in [6, 6.07) is 0. The average Bonchev–Trinajstić information content (AvgIpc) is 1.30. The third kappa shape index (κ3) is 10.3. The Hall–Kier alpha value is 1.23. The Labute approximate surface area is 89.0 Å². The quantitative estimate of drug-likeness (QED) is 0.416. The van der Waals surface area contributed by atoms with Crippen LogP contribution in [-0.2, 0) is 0 Å². The van der Waals surface area contributed by atoms with Crippen molar-refractivity contribution in [2.75, 3.05) is 0 Å². The van der Waals surface area contributed by atoms with E-state index in [4.69, 9.17) is 0 Å². The molecule has 0 aromatic heterocycles. The Kier molecular flexibility index (Phi) is 7.55. The molecular formula is C3H5BF3K. The third-order valence-corrected chi connectivity index (χ3v) is 0.411. The zero-order valence-electron chi connectivity index (χ0n) is 4.87. The molecule has 0 fully saturated rings. The van der Waals surface area contributed by atoms with E-state index in [0.29, 0.717) is 0 Å². The van der Waals surface area contributed by atoms with Crippen molar-refractivity contribution >= 4 is 6.98 Å². The summed E-state index contributed by atoms with van der Waals surface area (Å²) < 4.78 is 33.1. The molecule has 0 radical (unpaired) electrons. The van der Waals surface area contributed by atoms with Crippen LogP contribution < -0.4 is 51.4 Å². The minimum atomic E-state index is -4.67. The van der Waals surface area contributed by atoms with E-state index in [1.807, 2.05) is 0 Å². The van der Waals surface area contributed by atoms with E-state index >= 15 is 0 Å². The van der Waals surface area contributed by atoms with Crippen molar-refractivity contribution in [1.82, 2.24) is 0 Å². The molecule has 0 bridgehead atoms. The van der Waals surface area contributed by atoms with Crippen LogP contribution in [0.4, 0.5) is 12.9 Å². The first-order valence-electron chi connectivity index (χ1n) is 1.90. The Morgan fingerprint density at radius 3 is 1.62 bits per heavy atom. The fraction of sp³-hybridized carbons (Fsp3) is 0.333. The predicted molar refractivity (Wildman–Crippen MR) is 23.9 cm³/mol. The van der Waals surface area contributed by atoms with Crippen LogP contribution in [0.25, 0.3) is 0 Å². The van der Waals surface area contributed by atoms with Crippen LogP contribution in [0.2, 0.25) is 0 Å². The summed E-state index contributed by atoms with van der Waals surface area (Å²) in [6.45, 7) is -3.33. The van der Waals surface area contributed by atoms with Gasteiger partial charge in [0, 0.05) is 0 Å². The molecule has 0 heterocycles. The van der Waals surface area contributed by atoms with E-state index in [1.54, 1.807) is 0 Å². The van der Waals surface area contributed by atoms with Gasteiger partial charge in [0.25, 0.3) is 0 Å². The maximum atomic E-state index is 11.0. The van der Waals surface area contributed by atoms with Gasteiger partial charge in [-0.25, -0.2) is 0 Å². The fourth-order valence-electron chi connectivity index (χ4n) is 0.218. The molecular weight excluding hydrogens is 143 g/mol. The van der Waals surface area contributed by atoms with Gasteiger partial charge in [-0.05, 0) is 0 Å². The van der Waals surface area contributed by atoms with E-state index in [9.17, 15) is 12.9 Å². The Morgan fingerprint density at radius 2 is 1.62 bits per heavy atom. The molecule has 0 saturated heterocycles. The largest absolute Gasteiger partial charge is 1.00 e. The van der Waals surface area contributed by atoms with E-state index in [1.165, 1.54) is 6.92 Å². The molecule has 0 N–H and O–H groups in total.